The molecule has 0 saturated heterocycles. The molecule has 5 nitrogen and oxygen atoms in total. The van der Waals surface area contributed by atoms with Crippen LogP contribution in [0, 0.1) is 0 Å². The van der Waals surface area contributed by atoms with Gasteiger partial charge in [0.05, 0.1) is 18.2 Å². The number of benzene rings is 1. The molecule has 0 N–H and O–H groups in total. The van der Waals surface area contributed by atoms with Crippen LogP contribution in [-0.4, -0.2) is 41.5 Å². The zero-order valence-corrected chi connectivity index (χ0v) is 12.8. The van der Waals surface area contributed by atoms with E-state index in [1.54, 1.807) is 36.4 Å². The van der Waals surface area contributed by atoms with Gasteiger partial charge in [-0.2, -0.15) is 0 Å². The molecule has 0 spiro atoms. The molecule has 0 radical (unpaired) electrons. The van der Waals surface area contributed by atoms with Crippen molar-refractivity contribution in [1.29, 1.82) is 0 Å². The van der Waals surface area contributed by atoms with E-state index < -0.39 is 0 Å². The lowest BCUT2D eigenvalue weighted by Crippen LogP contribution is -2.30. The molecule has 1 amide bonds. The number of methoxy groups -OCH3 is 1. The molecule has 0 unspecified atom stereocenters. The molecule has 0 atom stereocenters. The monoisotopic (exact) mass is 288 g/mol. The summed E-state index contributed by atoms with van der Waals surface area (Å²) in [5.41, 5.74) is 1.25. The number of rotatable bonds is 4. The van der Waals surface area contributed by atoms with Crippen molar-refractivity contribution in [1.82, 2.24) is 9.47 Å². The lowest BCUT2D eigenvalue weighted by atomic mass is 10.1. The molecular weight excluding hydrogens is 268 g/mol. The molecule has 2 aromatic rings. The molecule has 0 saturated carbocycles. The number of aromatic nitrogens is 1. The lowest BCUT2D eigenvalue weighted by Gasteiger charge is -2.18. The van der Waals surface area contributed by atoms with Crippen LogP contribution in [0.5, 0.6) is 5.75 Å². The smallest absolute Gasteiger partial charge is 0.256 e. The van der Waals surface area contributed by atoms with Crippen molar-refractivity contribution >= 4 is 22.7 Å². The van der Waals surface area contributed by atoms with Gasteiger partial charge in [0, 0.05) is 31.6 Å². The number of amides is 1. The van der Waals surface area contributed by atoms with Crippen molar-refractivity contribution < 1.29 is 14.3 Å². The maximum atomic E-state index is 12.6. The second-order valence-corrected chi connectivity index (χ2v) is 4.79. The van der Waals surface area contributed by atoms with Gasteiger partial charge in [0.2, 0.25) is 5.91 Å². The van der Waals surface area contributed by atoms with Crippen LogP contribution >= 0.6 is 0 Å². The Kier molecular flexibility index (Phi) is 4.31. The van der Waals surface area contributed by atoms with E-state index in [0.29, 0.717) is 24.4 Å². The van der Waals surface area contributed by atoms with Crippen molar-refractivity contribution in [2.75, 3.05) is 20.2 Å². The van der Waals surface area contributed by atoms with E-state index in [1.165, 1.54) is 11.5 Å². The van der Waals surface area contributed by atoms with Crippen LogP contribution in [0.1, 0.15) is 35.9 Å². The van der Waals surface area contributed by atoms with E-state index in [0.717, 1.165) is 10.9 Å². The molecule has 0 aliphatic heterocycles. The molecule has 112 valence electrons. The minimum Gasteiger partial charge on any atom is -0.497 e. The molecule has 0 aliphatic rings. The number of hydrogen-bond acceptors (Lipinski definition) is 3. The average Bonchev–Trinajstić information content (AvgIpc) is 2.87. The van der Waals surface area contributed by atoms with E-state index in [1.807, 2.05) is 13.8 Å². The summed E-state index contributed by atoms with van der Waals surface area (Å²) in [6.07, 6.45) is 1.62. The minimum atomic E-state index is -0.122. The molecule has 2 rings (SSSR count). The number of ether oxygens (including phenoxy) is 1. The molecular formula is C16H20N2O3. The SMILES string of the molecule is CCN(CC)C(=O)c1cn(C(C)=O)c2ccc(OC)cc12. The zero-order chi connectivity index (χ0) is 15.6. The fourth-order valence-electron chi connectivity index (χ4n) is 2.45. The first-order valence-electron chi connectivity index (χ1n) is 7.02. The maximum Gasteiger partial charge on any atom is 0.256 e. The Hall–Kier alpha value is -2.30. The van der Waals surface area contributed by atoms with Gasteiger partial charge in [0.25, 0.3) is 5.91 Å². The number of carbonyl (C=O) groups excluding carboxylic acids is 2. The lowest BCUT2D eigenvalue weighted by molar-refractivity contribution is 0.0775. The largest absolute Gasteiger partial charge is 0.497 e. The first-order valence-corrected chi connectivity index (χ1v) is 7.02. The summed E-state index contributed by atoms with van der Waals surface area (Å²) < 4.78 is 6.73. The van der Waals surface area contributed by atoms with Crippen LogP contribution in [0.15, 0.2) is 24.4 Å². The molecule has 0 aliphatic carbocycles. The van der Waals surface area contributed by atoms with Crippen molar-refractivity contribution in [3.8, 4) is 5.75 Å². The van der Waals surface area contributed by atoms with Gasteiger partial charge in [-0.05, 0) is 32.0 Å². The highest BCUT2D eigenvalue weighted by Gasteiger charge is 2.20. The first kappa shape index (κ1) is 15.1. The highest BCUT2D eigenvalue weighted by atomic mass is 16.5. The normalized spacial score (nSPS) is 10.7. The van der Waals surface area contributed by atoms with Gasteiger partial charge in [0.15, 0.2) is 0 Å². The summed E-state index contributed by atoms with van der Waals surface area (Å²) in [4.78, 5) is 26.1. The van der Waals surface area contributed by atoms with Crippen molar-refractivity contribution in [3.63, 3.8) is 0 Å². The van der Waals surface area contributed by atoms with Crippen molar-refractivity contribution in [2.24, 2.45) is 0 Å². The Labute approximate surface area is 124 Å². The second-order valence-electron chi connectivity index (χ2n) is 4.79. The van der Waals surface area contributed by atoms with Gasteiger partial charge < -0.3 is 9.64 Å². The summed E-state index contributed by atoms with van der Waals surface area (Å²) >= 11 is 0. The van der Waals surface area contributed by atoms with E-state index in [9.17, 15) is 9.59 Å². The summed E-state index contributed by atoms with van der Waals surface area (Å²) in [6, 6.07) is 5.38. The van der Waals surface area contributed by atoms with Gasteiger partial charge >= 0.3 is 0 Å². The van der Waals surface area contributed by atoms with Gasteiger partial charge in [-0.25, -0.2) is 0 Å². The Bertz CT molecular complexity index is 684. The number of hydrogen-bond donors (Lipinski definition) is 0. The van der Waals surface area contributed by atoms with Crippen LogP contribution in [-0.2, 0) is 0 Å². The quantitative estimate of drug-likeness (QED) is 0.869. The molecule has 1 aromatic carbocycles. The second kappa shape index (κ2) is 5.99. The number of fused-ring (bicyclic) bond motifs is 1. The summed E-state index contributed by atoms with van der Waals surface area (Å²) in [5.74, 6) is 0.472. The third-order valence-electron chi connectivity index (χ3n) is 3.63. The average molecular weight is 288 g/mol. The van der Waals surface area contributed by atoms with Crippen LogP contribution < -0.4 is 4.74 Å². The van der Waals surface area contributed by atoms with Crippen LogP contribution in [0.25, 0.3) is 10.9 Å². The van der Waals surface area contributed by atoms with Gasteiger partial charge in [-0.3, -0.25) is 14.2 Å². The van der Waals surface area contributed by atoms with Gasteiger partial charge in [-0.1, -0.05) is 0 Å². The van der Waals surface area contributed by atoms with Crippen LogP contribution in [0.2, 0.25) is 0 Å². The Morgan fingerprint density at radius 1 is 1.24 bits per heavy atom. The standard InChI is InChI=1S/C16H20N2O3/c1-5-17(6-2)16(20)14-10-18(11(3)19)15-8-7-12(21-4)9-13(14)15/h7-10H,5-6H2,1-4H3. The van der Waals surface area contributed by atoms with E-state index in [2.05, 4.69) is 0 Å². The molecule has 0 fully saturated rings. The Balaban J connectivity index is 2.67. The molecule has 1 aromatic heterocycles. The summed E-state index contributed by atoms with van der Waals surface area (Å²) in [5, 5.41) is 0.737. The molecule has 5 heteroatoms. The fourth-order valence-corrected chi connectivity index (χ4v) is 2.45. The molecule has 1 heterocycles. The van der Waals surface area contributed by atoms with Crippen LogP contribution in [0.3, 0.4) is 0 Å². The van der Waals surface area contributed by atoms with Gasteiger partial charge in [0.1, 0.15) is 5.75 Å². The molecule has 21 heavy (non-hydrogen) atoms. The molecule has 0 bridgehead atoms. The predicted octanol–water partition coefficient (Wildman–Crippen LogP) is 2.79. The Morgan fingerprint density at radius 3 is 2.43 bits per heavy atom. The Morgan fingerprint density at radius 2 is 1.90 bits per heavy atom. The van der Waals surface area contributed by atoms with Gasteiger partial charge in [-0.15, -0.1) is 0 Å². The van der Waals surface area contributed by atoms with E-state index in [4.69, 9.17) is 4.74 Å². The summed E-state index contributed by atoms with van der Waals surface area (Å²) in [6.45, 7) is 6.62. The van der Waals surface area contributed by atoms with Crippen molar-refractivity contribution in [3.05, 3.63) is 30.0 Å². The minimum absolute atomic E-state index is 0.0711. The summed E-state index contributed by atoms with van der Waals surface area (Å²) in [7, 11) is 1.58. The topological polar surface area (TPSA) is 51.5 Å². The van der Waals surface area contributed by atoms with Crippen LogP contribution in [0.4, 0.5) is 0 Å². The highest BCUT2D eigenvalue weighted by Crippen LogP contribution is 2.27. The first-order chi connectivity index (χ1) is 10.0. The van der Waals surface area contributed by atoms with Crippen molar-refractivity contribution in [2.45, 2.75) is 20.8 Å². The maximum absolute atomic E-state index is 12.6. The number of carbonyl (C=O) groups is 2. The zero-order valence-electron chi connectivity index (χ0n) is 12.8. The predicted molar refractivity (Wildman–Crippen MR) is 82.0 cm³/mol. The number of nitrogens with zero attached hydrogens (tertiary/aromatic N) is 2. The third kappa shape index (κ3) is 2.63. The van der Waals surface area contributed by atoms with E-state index >= 15 is 0 Å². The van der Waals surface area contributed by atoms with E-state index in [-0.39, 0.29) is 11.8 Å². The fraction of sp³-hybridized carbons (Fsp3) is 0.375. The third-order valence-corrected chi connectivity index (χ3v) is 3.63. The highest BCUT2D eigenvalue weighted by molar-refractivity contribution is 6.09.